The molecule has 0 radical (unpaired) electrons. The summed E-state index contributed by atoms with van der Waals surface area (Å²) in [6.07, 6.45) is -2.33. The second-order valence-corrected chi connectivity index (χ2v) is 8.44. The maximum Gasteiger partial charge on any atom is 0.417 e. The van der Waals surface area contributed by atoms with Crippen LogP contribution in [0.5, 0.6) is 5.75 Å². The molecule has 5 nitrogen and oxygen atoms in total. The number of carbonyl (C=O) groups is 1. The largest absolute Gasteiger partial charge is 0.508 e. The minimum atomic E-state index is -4.52. The molecule has 0 aliphatic heterocycles. The van der Waals surface area contributed by atoms with Crippen molar-refractivity contribution < 1.29 is 28.2 Å². The fourth-order valence-corrected chi connectivity index (χ4v) is 4.25. The first-order valence-corrected chi connectivity index (χ1v) is 10.5. The molecule has 2 atom stereocenters. The smallest absolute Gasteiger partial charge is 0.417 e. The van der Waals surface area contributed by atoms with E-state index in [0.29, 0.717) is 34.4 Å². The molecule has 0 amide bonds. The van der Waals surface area contributed by atoms with Gasteiger partial charge in [0.05, 0.1) is 23.4 Å². The number of anilines is 1. The second-order valence-electron chi connectivity index (χ2n) is 8.44. The molecule has 1 fully saturated rings. The van der Waals surface area contributed by atoms with Gasteiger partial charge in [0.25, 0.3) is 0 Å². The molecule has 1 aromatic heterocycles. The highest BCUT2D eigenvalue weighted by Gasteiger charge is 2.45. The molecule has 1 aliphatic rings. The van der Waals surface area contributed by atoms with Crippen LogP contribution in [0.1, 0.15) is 40.3 Å². The maximum absolute atomic E-state index is 13.7. The third kappa shape index (κ3) is 4.79. The van der Waals surface area contributed by atoms with E-state index in [0.717, 1.165) is 11.8 Å². The molecule has 172 valence electrons. The molecule has 1 aliphatic carbocycles. The maximum atomic E-state index is 13.7. The molecule has 0 unspecified atom stereocenters. The summed E-state index contributed by atoms with van der Waals surface area (Å²) in [5.41, 5.74) is 2.97. The van der Waals surface area contributed by atoms with Crippen molar-refractivity contribution in [3.63, 3.8) is 0 Å². The van der Waals surface area contributed by atoms with Gasteiger partial charge in [0, 0.05) is 18.2 Å². The first-order valence-electron chi connectivity index (χ1n) is 10.5. The van der Waals surface area contributed by atoms with Gasteiger partial charge in [-0.05, 0) is 84.5 Å². The number of hydrogen-bond donors (Lipinski definition) is 3. The van der Waals surface area contributed by atoms with Crippen molar-refractivity contribution >= 4 is 11.7 Å². The van der Waals surface area contributed by atoms with E-state index in [1.165, 1.54) is 24.3 Å². The molecule has 33 heavy (non-hydrogen) atoms. The quantitative estimate of drug-likeness (QED) is 0.431. The zero-order valence-corrected chi connectivity index (χ0v) is 18.1. The molecule has 3 N–H and O–H groups in total. The molecule has 3 aromatic rings. The SMILES string of the molecule is Cc1cc(O)cc(C)c1-c1cc(CNc2ccc([C@H]3C[C@@H]3C(=O)O)nc2)ccc1C(F)(F)F. The number of nitrogens with zero attached hydrogens (tertiary/aromatic N) is 1. The monoisotopic (exact) mass is 456 g/mol. The van der Waals surface area contributed by atoms with Crippen LogP contribution in [0, 0.1) is 19.8 Å². The average Bonchev–Trinajstić information content (AvgIpc) is 3.52. The lowest BCUT2D eigenvalue weighted by atomic mass is 9.90. The Morgan fingerprint density at radius 1 is 1.12 bits per heavy atom. The van der Waals surface area contributed by atoms with Gasteiger partial charge in [0.1, 0.15) is 5.75 Å². The summed E-state index contributed by atoms with van der Waals surface area (Å²) < 4.78 is 41.2. The summed E-state index contributed by atoms with van der Waals surface area (Å²) in [7, 11) is 0. The molecule has 8 heteroatoms. The van der Waals surface area contributed by atoms with Crippen LogP contribution < -0.4 is 5.32 Å². The lowest BCUT2D eigenvalue weighted by molar-refractivity contribution is -0.139. The van der Waals surface area contributed by atoms with Crippen molar-refractivity contribution in [2.75, 3.05) is 5.32 Å². The minimum Gasteiger partial charge on any atom is -0.508 e. The Bertz CT molecular complexity index is 1180. The zero-order chi connectivity index (χ0) is 23.9. The number of aromatic hydroxyl groups is 1. The van der Waals surface area contributed by atoms with Gasteiger partial charge < -0.3 is 15.5 Å². The molecule has 4 rings (SSSR count). The van der Waals surface area contributed by atoms with Crippen LogP contribution in [-0.4, -0.2) is 21.2 Å². The highest BCUT2D eigenvalue weighted by molar-refractivity contribution is 5.76. The number of benzene rings is 2. The van der Waals surface area contributed by atoms with Crippen LogP contribution in [0.2, 0.25) is 0 Å². The van der Waals surface area contributed by atoms with Gasteiger partial charge in [0.2, 0.25) is 0 Å². The number of halogens is 3. The predicted molar refractivity (Wildman–Crippen MR) is 118 cm³/mol. The van der Waals surface area contributed by atoms with Crippen molar-refractivity contribution in [1.82, 2.24) is 4.98 Å². The fourth-order valence-electron chi connectivity index (χ4n) is 4.25. The number of pyridine rings is 1. The summed E-state index contributed by atoms with van der Waals surface area (Å²) in [5, 5.41) is 22.0. The Morgan fingerprint density at radius 2 is 1.82 bits per heavy atom. The Kier molecular flexibility index (Phi) is 5.78. The average molecular weight is 456 g/mol. The Morgan fingerprint density at radius 3 is 2.36 bits per heavy atom. The number of carboxylic acids is 1. The molecular formula is C25H23F3N2O3. The van der Waals surface area contributed by atoms with Crippen LogP contribution >= 0.6 is 0 Å². The number of phenolic OH excluding ortho intramolecular Hbond substituents is 1. The molecule has 0 saturated heterocycles. The van der Waals surface area contributed by atoms with E-state index < -0.39 is 17.7 Å². The van der Waals surface area contributed by atoms with Crippen molar-refractivity contribution in [1.29, 1.82) is 0 Å². The molecule has 1 saturated carbocycles. The van der Waals surface area contributed by atoms with Gasteiger partial charge in [-0.1, -0.05) is 6.07 Å². The molecule has 0 bridgehead atoms. The molecule has 0 spiro atoms. The van der Waals surface area contributed by atoms with Crippen LogP contribution in [0.25, 0.3) is 11.1 Å². The zero-order valence-electron chi connectivity index (χ0n) is 18.1. The predicted octanol–water partition coefficient (Wildman–Crippen LogP) is 5.89. The summed E-state index contributed by atoms with van der Waals surface area (Å²) in [6.45, 7) is 3.63. The standard InChI is InChI=1S/C25H23F3N2O3/c1-13-7-17(31)8-14(2)23(13)20-9-15(3-5-21(20)25(26,27)28)11-29-16-4-6-22(30-12-16)18-10-19(18)24(32)33/h3-9,12,18-19,29,31H,10-11H2,1-2H3,(H,32,33)/t18-,19-/m0/s1. The highest BCUT2D eigenvalue weighted by Crippen LogP contribution is 2.46. The Balaban J connectivity index is 1.57. The third-order valence-corrected chi connectivity index (χ3v) is 5.95. The van der Waals surface area contributed by atoms with Crippen LogP contribution in [0.3, 0.4) is 0 Å². The van der Waals surface area contributed by atoms with Gasteiger partial charge in [-0.25, -0.2) is 0 Å². The lowest BCUT2D eigenvalue weighted by Gasteiger charge is -2.19. The third-order valence-electron chi connectivity index (χ3n) is 5.95. The van der Waals surface area contributed by atoms with Gasteiger partial charge in [-0.15, -0.1) is 0 Å². The topological polar surface area (TPSA) is 82.5 Å². The van der Waals surface area contributed by atoms with Crippen molar-refractivity contribution in [2.24, 2.45) is 5.92 Å². The van der Waals surface area contributed by atoms with Crippen LogP contribution in [0.15, 0.2) is 48.7 Å². The van der Waals surface area contributed by atoms with E-state index in [-0.39, 0.29) is 29.7 Å². The van der Waals surface area contributed by atoms with E-state index in [9.17, 15) is 23.1 Å². The van der Waals surface area contributed by atoms with Gasteiger partial charge in [0.15, 0.2) is 0 Å². The van der Waals surface area contributed by atoms with E-state index in [2.05, 4.69) is 10.3 Å². The summed E-state index contributed by atoms with van der Waals surface area (Å²) in [4.78, 5) is 15.4. The number of phenols is 1. The van der Waals surface area contributed by atoms with Crippen LogP contribution in [0.4, 0.5) is 18.9 Å². The molecule has 2 aromatic carbocycles. The Labute approximate surface area is 188 Å². The van der Waals surface area contributed by atoms with Crippen LogP contribution in [-0.2, 0) is 17.5 Å². The number of aromatic nitrogens is 1. The number of aryl methyl sites for hydroxylation is 2. The first-order chi connectivity index (χ1) is 15.5. The Hall–Kier alpha value is -3.55. The summed E-state index contributed by atoms with van der Waals surface area (Å²) >= 11 is 0. The van der Waals surface area contributed by atoms with Gasteiger partial charge in [-0.2, -0.15) is 13.2 Å². The first kappa shape index (κ1) is 22.6. The number of aliphatic carboxylic acids is 1. The minimum absolute atomic E-state index is 0.0111. The molecule has 1 heterocycles. The summed E-state index contributed by atoms with van der Waals surface area (Å²) in [5.74, 6) is -1.25. The number of nitrogens with one attached hydrogen (secondary N) is 1. The number of rotatable bonds is 6. The second kappa shape index (κ2) is 8.42. The summed E-state index contributed by atoms with van der Waals surface area (Å²) in [6, 6.07) is 10.5. The molecular weight excluding hydrogens is 433 g/mol. The van der Waals surface area contributed by atoms with Gasteiger partial charge in [-0.3, -0.25) is 9.78 Å². The number of hydrogen-bond acceptors (Lipinski definition) is 4. The van der Waals surface area contributed by atoms with Crippen molar-refractivity contribution in [3.05, 3.63) is 76.6 Å². The lowest BCUT2D eigenvalue weighted by Crippen LogP contribution is -2.09. The van der Waals surface area contributed by atoms with E-state index in [1.54, 1.807) is 32.2 Å². The number of alkyl halides is 3. The van der Waals surface area contributed by atoms with E-state index in [4.69, 9.17) is 5.11 Å². The van der Waals surface area contributed by atoms with E-state index >= 15 is 0 Å². The highest BCUT2D eigenvalue weighted by atomic mass is 19.4. The van der Waals surface area contributed by atoms with Crippen molar-refractivity contribution in [3.8, 4) is 16.9 Å². The van der Waals surface area contributed by atoms with Gasteiger partial charge >= 0.3 is 12.1 Å². The van der Waals surface area contributed by atoms with Crippen molar-refractivity contribution in [2.45, 2.75) is 38.9 Å². The normalized spacial score (nSPS) is 17.6. The number of carboxylic acid groups (broad SMARTS) is 1. The van der Waals surface area contributed by atoms with E-state index in [1.807, 2.05) is 0 Å². The fraction of sp³-hybridized carbons (Fsp3) is 0.280.